The molecule has 9 rings (SSSR count). The van der Waals surface area contributed by atoms with Gasteiger partial charge in [0, 0.05) is 71.0 Å². The number of sulfonamides is 1. The standard InChI is InChI=1S/C52H65ClN12O7S2/c1-33-48(73-32-56-33)37-11-9-34(10-12-37)27-54-50(68)44-26-39(66)30-65(44)51(69)47(36-13-14-36)59-46(67)31-62-19-17-35(18-20-62)29-63-21-23-64(24-22-63)38-15-16-42(45(25-38)72-3)58-52-55-28-40(53)49(60-52)57-41-7-5-6-8-43(41)61(2)74(4,70)71/h5-12,15-16,25,28,32,35-36,39,44,47,66H,13-14,17-24,26-27,29-31H2,1-4H3,(H,54,68)(H,59,67)(H2,55,57,58,60)/t39-,44-,47?/m1/s1. The minimum atomic E-state index is -3.52. The van der Waals surface area contributed by atoms with Crippen LogP contribution in [0.5, 0.6) is 5.75 Å². The molecule has 3 amide bonds. The molecule has 22 heteroatoms. The van der Waals surface area contributed by atoms with Crippen LogP contribution < -0.4 is 35.2 Å². The first-order chi connectivity index (χ1) is 35.6. The summed E-state index contributed by atoms with van der Waals surface area (Å²) in [4.78, 5) is 64.0. The van der Waals surface area contributed by atoms with Crippen molar-refractivity contribution in [1.29, 1.82) is 0 Å². The van der Waals surface area contributed by atoms with E-state index in [0.717, 1.165) is 105 Å². The molecule has 0 spiro atoms. The van der Waals surface area contributed by atoms with Crippen molar-refractivity contribution in [3.05, 3.63) is 94.7 Å². The first kappa shape index (κ1) is 52.8. The predicted octanol–water partition coefficient (Wildman–Crippen LogP) is 5.46. The monoisotopic (exact) mass is 1070 g/mol. The van der Waals surface area contributed by atoms with Crippen LogP contribution in [0, 0.1) is 18.8 Å². The van der Waals surface area contributed by atoms with Crippen LogP contribution in [0.4, 0.5) is 34.5 Å². The van der Waals surface area contributed by atoms with E-state index in [-0.39, 0.29) is 54.1 Å². The highest BCUT2D eigenvalue weighted by molar-refractivity contribution is 7.92. The van der Waals surface area contributed by atoms with Gasteiger partial charge < -0.3 is 40.9 Å². The second-order valence-corrected chi connectivity index (χ2v) is 23.0. The van der Waals surface area contributed by atoms with Gasteiger partial charge in [0.25, 0.3) is 0 Å². The Balaban J connectivity index is 0.711. The topological polar surface area (TPSA) is 218 Å². The smallest absolute Gasteiger partial charge is 0.246 e. The van der Waals surface area contributed by atoms with Crippen molar-refractivity contribution < 1.29 is 32.6 Å². The zero-order chi connectivity index (χ0) is 52.1. The number of carbonyl (C=O) groups is 3. The maximum atomic E-state index is 14.1. The number of carbonyl (C=O) groups excluding carboxylic acids is 3. The molecule has 5 heterocycles. The average Bonchev–Trinajstić information content (AvgIpc) is 4.03. The summed E-state index contributed by atoms with van der Waals surface area (Å²) in [6.45, 7) is 8.65. The molecule has 74 heavy (non-hydrogen) atoms. The first-order valence-electron chi connectivity index (χ1n) is 25.1. The molecule has 5 N–H and O–H groups in total. The van der Waals surface area contributed by atoms with Gasteiger partial charge in [-0.05, 0) is 92.9 Å². The summed E-state index contributed by atoms with van der Waals surface area (Å²) < 4.78 is 31.6. The van der Waals surface area contributed by atoms with E-state index in [4.69, 9.17) is 16.3 Å². The summed E-state index contributed by atoms with van der Waals surface area (Å²) in [6.07, 6.45) is 5.55. The fraction of sp³-hybridized carbons (Fsp3) is 0.462. The number of hydrogen-bond donors (Lipinski definition) is 5. The van der Waals surface area contributed by atoms with Crippen molar-refractivity contribution >= 4 is 85.2 Å². The van der Waals surface area contributed by atoms with Gasteiger partial charge in [-0.15, -0.1) is 11.3 Å². The summed E-state index contributed by atoms with van der Waals surface area (Å²) in [7, 11) is -0.420. The Morgan fingerprint density at radius 2 is 1.68 bits per heavy atom. The van der Waals surface area contributed by atoms with Gasteiger partial charge in [-0.25, -0.2) is 18.4 Å². The summed E-state index contributed by atoms with van der Waals surface area (Å²) in [5.74, 6) is 0.900. The third-order valence-corrected chi connectivity index (χ3v) is 16.9. The van der Waals surface area contributed by atoms with Crippen molar-refractivity contribution in [2.75, 3.05) is 99.2 Å². The van der Waals surface area contributed by atoms with Gasteiger partial charge in [-0.3, -0.25) is 28.5 Å². The molecule has 1 unspecified atom stereocenters. The summed E-state index contributed by atoms with van der Waals surface area (Å²) in [5.41, 5.74) is 7.43. The zero-order valence-corrected chi connectivity index (χ0v) is 44.6. The van der Waals surface area contributed by atoms with Crippen LogP contribution in [-0.2, 0) is 31.0 Å². The lowest BCUT2D eigenvalue weighted by Gasteiger charge is -2.39. The fourth-order valence-corrected chi connectivity index (χ4v) is 11.5. The number of anilines is 6. The summed E-state index contributed by atoms with van der Waals surface area (Å²) in [5, 5.41) is 23.3. The number of nitrogens with zero attached hydrogens (tertiary/aromatic N) is 8. The van der Waals surface area contributed by atoms with Crippen LogP contribution in [0.25, 0.3) is 10.4 Å². The number of aromatic nitrogens is 3. The van der Waals surface area contributed by atoms with Gasteiger partial charge >= 0.3 is 0 Å². The maximum absolute atomic E-state index is 14.1. The molecular formula is C52H65ClN12O7S2. The van der Waals surface area contributed by atoms with Crippen LogP contribution in [0.1, 0.15) is 43.4 Å². The van der Waals surface area contributed by atoms with Crippen LogP contribution >= 0.6 is 22.9 Å². The molecule has 4 aliphatic rings. The van der Waals surface area contributed by atoms with Gasteiger partial charge in [0.2, 0.25) is 33.7 Å². The minimum absolute atomic E-state index is 0.0170. The molecular weight excluding hydrogens is 1000 g/mol. The Hall–Kier alpha value is -6.10. The molecule has 394 valence electrons. The Kier molecular flexibility index (Phi) is 16.5. The fourth-order valence-electron chi connectivity index (χ4n) is 10.0. The molecule has 0 bridgehead atoms. The number of halogens is 1. The van der Waals surface area contributed by atoms with E-state index in [1.807, 2.05) is 54.9 Å². The molecule has 2 aromatic heterocycles. The second kappa shape index (κ2) is 23.2. The molecule has 19 nitrogen and oxygen atoms in total. The number of para-hydroxylation sites is 2. The Morgan fingerprint density at radius 1 is 0.932 bits per heavy atom. The van der Waals surface area contributed by atoms with Crippen molar-refractivity contribution in [2.45, 2.75) is 63.8 Å². The van der Waals surface area contributed by atoms with Crippen molar-refractivity contribution in [3.63, 3.8) is 0 Å². The minimum Gasteiger partial charge on any atom is -0.494 e. The molecule has 5 aromatic rings. The van der Waals surface area contributed by atoms with Gasteiger partial charge in [-0.2, -0.15) is 4.98 Å². The van der Waals surface area contributed by atoms with E-state index in [0.29, 0.717) is 41.1 Å². The molecule has 1 aliphatic carbocycles. The zero-order valence-electron chi connectivity index (χ0n) is 42.2. The highest BCUT2D eigenvalue weighted by atomic mass is 35.5. The number of aliphatic hydroxyl groups excluding tert-OH is 1. The Bertz CT molecular complexity index is 2910. The highest BCUT2D eigenvalue weighted by Crippen LogP contribution is 2.37. The van der Waals surface area contributed by atoms with Crippen molar-refractivity contribution in [3.8, 4) is 16.2 Å². The van der Waals surface area contributed by atoms with E-state index in [2.05, 4.69) is 50.9 Å². The van der Waals surface area contributed by atoms with Crippen LogP contribution in [0.2, 0.25) is 5.02 Å². The second-order valence-electron chi connectivity index (χ2n) is 19.7. The number of aryl methyl sites for hydroxylation is 1. The number of nitrogens with one attached hydrogen (secondary N) is 4. The highest BCUT2D eigenvalue weighted by Gasteiger charge is 2.46. The number of thiazole rings is 1. The predicted molar refractivity (Wildman–Crippen MR) is 289 cm³/mol. The number of piperidine rings is 1. The SMILES string of the molecule is COc1cc(N2CCN(CC3CCN(CC(=O)NC(C(=O)N4C[C@H](O)C[C@@H]4C(=O)NCc4ccc(-c5scnc5C)cc4)C4CC4)CC3)CC2)ccc1Nc1ncc(Cl)c(Nc2ccccc2N(C)S(C)(=O)=O)n1. The largest absolute Gasteiger partial charge is 0.494 e. The summed E-state index contributed by atoms with van der Waals surface area (Å²) >= 11 is 8.08. The van der Waals surface area contributed by atoms with Crippen LogP contribution in [0.15, 0.2) is 78.4 Å². The lowest BCUT2D eigenvalue weighted by atomic mass is 9.96. The number of ether oxygens (including phenoxy) is 1. The number of rotatable bonds is 19. The average molecular weight is 1070 g/mol. The molecule has 3 saturated heterocycles. The van der Waals surface area contributed by atoms with E-state index in [1.165, 1.54) is 22.4 Å². The van der Waals surface area contributed by atoms with Gasteiger partial charge in [0.05, 0.1) is 65.4 Å². The molecule has 3 aliphatic heterocycles. The normalized spacial score (nSPS) is 19.2. The van der Waals surface area contributed by atoms with Gasteiger partial charge in [0.15, 0.2) is 5.82 Å². The molecule has 3 atom stereocenters. The number of amides is 3. The molecule has 0 radical (unpaired) electrons. The lowest BCUT2D eigenvalue weighted by molar-refractivity contribution is -0.142. The van der Waals surface area contributed by atoms with E-state index < -0.39 is 28.2 Å². The Labute approximate surface area is 441 Å². The molecule has 1 saturated carbocycles. The third-order valence-electron chi connectivity index (χ3n) is 14.5. The molecule has 3 aromatic carbocycles. The Morgan fingerprint density at radius 3 is 2.36 bits per heavy atom. The number of β-amino-alcohol motifs (C(OH)–C–C–N with tert-alkyl or cyclic N) is 1. The first-order valence-corrected chi connectivity index (χ1v) is 28.2. The van der Waals surface area contributed by atoms with Crippen molar-refractivity contribution in [1.82, 2.24) is 40.3 Å². The third kappa shape index (κ3) is 12.9. The van der Waals surface area contributed by atoms with E-state index >= 15 is 0 Å². The van der Waals surface area contributed by atoms with E-state index in [9.17, 15) is 27.9 Å². The van der Waals surface area contributed by atoms with E-state index in [1.54, 1.807) is 42.7 Å². The van der Waals surface area contributed by atoms with Crippen molar-refractivity contribution in [2.24, 2.45) is 11.8 Å². The van der Waals surface area contributed by atoms with Crippen LogP contribution in [-0.4, -0.2) is 158 Å². The lowest BCUT2D eigenvalue weighted by Crippen LogP contribution is -2.55. The number of piperazine rings is 1. The maximum Gasteiger partial charge on any atom is 0.246 e. The number of aliphatic hydroxyl groups is 1. The molecule has 4 fully saturated rings. The number of likely N-dealkylation sites (tertiary alicyclic amines) is 2. The number of hydrogen-bond acceptors (Lipinski definition) is 16. The quantitative estimate of drug-likeness (QED) is 0.0694. The van der Waals surface area contributed by atoms with Gasteiger partial charge in [-0.1, -0.05) is 48.0 Å². The van der Waals surface area contributed by atoms with Crippen LogP contribution in [0.3, 0.4) is 0 Å². The van der Waals surface area contributed by atoms with Gasteiger partial charge in [0.1, 0.15) is 22.9 Å². The number of benzene rings is 3. The summed E-state index contributed by atoms with van der Waals surface area (Å²) in [6, 6.07) is 19.4. The number of methoxy groups -OCH3 is 1.